The van der Waals surface area contributed by atoms with Gasteiger partial charge >= 0.3 is 6.18 Å². The highest BCUT2D eigenvalue weighted by Gasteiger charge is 2.43. The van der Waals surface area contributed by atoms with Gasteiger partial charge in [-0.15, -0.1) is 0 Å². The molecule has 0 amide bonds. The monoisotopic (exact) mass is 279 g/mol. The lowest BCUT2D eigenvalue weighted by atomic mass is 10.2. The molecule has 0 spiro atoms. The molecule has 0 bridgehead atoms. The van der Waals surface area contributed by atoms with E-state index < -0.39 is 22.2 Å². The van der Waals surface area contributed by atoms with Crippen LogP contribution in [0.3, 0.4) is 0 Å². The minimum atomic E-state index is -4.50. The van der Waals surface area contributed by atoms with Crippen LogP contribution in [0.25, 0.3) is 0 Å². The number of aryl methyl sites for hydroxylation is 2. The fourth-order valence-corrected chi connectivity index (χ4v) is 3.21. The van der Waals surface area contributed by atoms with Crippen molar-refractivity contribution in [1.29, 1.82) is 0 Å². The lowest BCUT2D eigenvalue weighted by Crippen LogP contribution is -2.35. The minimum Gasteiger partial charge on any atom is -0.330 e. The number of benzene rings is 1. The van der Waals surface area contributed by atoms with Crippen molar-refractivity contribution in [2.75, 3.05) is 6.54 Å². The standard InChI is InChI=1S/C12H16F3NOS/c1-8-3-4-9(2)10(7-8)18(17)11(5-6-16)12(13,14)15/h3-4,7,11H,5-6,16H2,1-2H3. The van der Waals surface area contributed by atoms with Gasteiger partial charge in [-0.2, -0.15) is 13.2 Å². The summed E-state index contributed by atoms with van der Waals surface area (Å²) < 4.78 is 50.6. The molecule has 0 aliphatic heterocycles. The second-order valence-corrected chi connectivity index (χ2v) is 5.78. The number of rotatable bonds is 4. The molecule has 1 aromatic carbocycles. The number of alkyl halides is 3. The maximum atomic E-state index is 12.8. The Morgan fingerprint density at radius 3 is 2.44 bits per heavy atom. The van der Waals surface area contributed by atoms with Crippen molar-refractivity contribution >= 4 is 10.8 Å². The summed E-state index contributed by atoms with van der Waals surface area (Å²) in [6.45, 7) is 3.27. The Bertz CT molecular complexity index is 445. The zero-order valence-electron chi connectivity index (χ0n) is 10.3. The van der Waals surface area contributed by atoms with Gasteiger partial charge in [-0.1, -0.05) is 12.1 Å². The van der Waals surface area contributed by atoms with Crippen molar-refractivity contribution < 1.29 is 17.4 Å². The predicted molar refractivity (Wildman–Crippen MR) is 65.8 cm³/mol. The maximum absolute atomic E-state index is 12.8. The van der Waals surface area contributed by atoms with Gasteiger partial charge in [0.2, 0.25) is 0 Å². The summed E-state index contributed by atoms with van der Waals surface area (Å²) in [5.41, 5.74) is 6.57. The lowest BCUT2D eigenvalue weighted by molar-refractivity contribution is -0.130. The normalized spacial score (nSPS) is 15.4. The van der Waals surface area contributed by atoms with E-state index in [0.717, 1.165) is 5.56 Å². The molecule has 1 rings (SSSR count). The first-order valence-corrected chi connectivity index (χ1v) is 6.73. The smallest absolute Gasteiger partial charge is 0.330 e. The van der Waals surface area contributed by atoms with Crippen LogP contribution in [0.5, 0.6) is 0 Å². The molecule has 0 aromatic heterocycles. The Hall–Kier alpha value is -0.880. The molecule has 0 saturated heterocycles. The third-order valence-electron chi connectivity index (χ3n) is 2.61. The summed E-state index contributed by atoms with van der Waals surface area (Å²) in [4.78, 5) is 0.241. The second kappa shape index (κ2) is 5.84. The second-order valence-electron chi connectivity index (χ2n) is 4.17. The fraction of sp³-hybridized carbons (Fsp3) is 0.500. The molecule has 0 radical (unpaired) electrons. The molecule has 0 aliphatic rings. The Morgan fingerprint density at radius 2 is 1.94 bits per heavy atom. The number of hydrogen-bond acceptors (Lipinski definition) is 2. The summed E-state index contributed by atoms with van der Waals surface area (Å²) in [5.74, 6) is 0. The zero-order valence-corrected chi connectivity index (χ0v) is 11.1. The summed E-state index contributed by atoms with van der Waals surface area (Å²) >= 11 is 0. The Balaban J connectivity index is 3.13. The first-order chi connectivity index (χ1) is 8.27. The van der Waals surface area contributed by atoms with Crippen molar-refractivity contribution in [3.63, 3.8) is 0 Å². The van der Waals surface area contributed by atoms with Crippen LogP contribution < -0.4 is 5.73 Å². The van der Waals surface area contributed by atoms with Gasteiger partial charge in [-0.05, 0) is 44.0 Å². The lowest BCUT2D eigenvalue weighted by Gasteiger charge is -2.20. The van der Waals surface area contributed by atoms with Gasteiger partial charge in [0, 0.05) is 4.90 Å². The van der Waals surface area contributed by atoms with Gasteiger partial charge in [0.05, 0.1) is 10.8 Å². The average molecular weight is 279 g/mol. The van der Waals surface area contributed by atoms with Gasteiger partial charge in [0.25, 0.3) is 0 Å². The number of hydrogen-bond donors (Lipinski definition) is 1. The van der Waals surface area contributed by atoms with Gasteiger partial charge in [0.15, 0.2) is 0 Å². The molecule has 2 N–H and O–H groups in total. The molecule has 2 atom stereocenters. The molecule has 2 nitrogen and oxygen atoms in total. The highest BCUT2D eigenvalue weighted by Crippen LogP contribution is 2.31. The van der Waals surface area contributed by atoms with Crippen LogP contribution in [0.15, 0.2) is 23.1 Å². The Morgan fingerprint density at radius 1 is 1.33 bits per heavy atom. The third kappa shape index (κ3) is 3.55. The molecule has 0 aliphatic carbocycles. The summed E-state index contributed by atoms with van der Waals surface area (Å²) in [6.07, 6.45) is -4.83. The highest BCUT2D eigenvalue weighted by atomic mass is 32.2. The van der Waals surface area contributed by atoms with Crippen LogP contribution in [0.2, 0.25) is 0 Å². The summed E-state index contributed by atoms with van der Waals surface area (Å²) in [6, 6.07) is 5.00. The van der Waals surface area contributed by atoms with E-state index in [1.807, 2.05) is 0 Å². The van der Waals surface area contributed by atoms with Crippen LogP contribution in [-0.2, 0) is 10.8 Å². The highest BCUT2D eigenvalue weighted by molar-refractivity contribution is 7.85. The van der Waals surface area contributed by atoms with E-state index in [9.17, 15) is 17.4 Å². The van der Waals surface area contributed by atoms with Crippen molar-refractivity contribution in [2.24, 2.45) is 5.73 Å². The van der Waals surface area contributed by atoms with E-state index in [-0.39, 0.29) is 17.9 Å². The summed E-state index contributed by atoms with van der Waals surface area (Å²) in [7, 11) is -2.12. The van der Waals surface area contributed by atoms with Crippen LogP contribution in [-0.4, -0.2) is 22.2 Å². The quantitative estimate of drug-likeness (QED) is 0.921. The van der Waals surface area contributed by atoms with Crippen LogP contribution in [0, 0.1) is 13.8 Å². The van der Waals surface area contributed by atoms with Crippen molar-refractivity contribution in [3.05, 3.63) is 29.3 Å². The van der Waals surface area contributed by atoms with Crippen molar-refractivity contribution in [1.82, 2.24) is 0 Å². The molecule has 6 heteroatoms. The van der Waals surface area contributed by atoms with Crippen molar-refractivity contribution in [2.45, 2.75) is 36.6 Å². The van der Waals surface area contributed by atoms with E-state index >= 15 is 0 Å². The minimum absolute atomic E-state index is 0.138. The summed E-state index contributed by atoms with van der Waals surface area (Å²) in [5, 5.41) is -1.90. The van der Waals surface area contributed by atoms with Gasteiger partial charge < -0.3 is 5.73 Å². The molecule has 0 saturated carbocycles. The van der Waals surface area contributed by atoms with Crippen LogP contribution >= 0.6 is 0 Å². The topological polar surface area (TPSA) is 43.1 Å². The Labute approximate surface area is 107 Å². The van der Waals surface area contributed by atoms with Gasteiger partial charge in [-0.25, -0.2) is 0 Å². The average Bonchev–Trinajstić information content (AvgIpc) is 2.27. The van der Waals surface area contributed by atoms with Gasteiger partial charge in [0.1, 0.15) is 5.25 Å². The molecular weight excluding hydrogens is 263 g/mol. The molecule has 2 unspecified atom stereocenters. The van der Waals surface area contributed by atoms with Crippen LogP contribution in [0.1, 0.15) is 17.5 Å². The van der Waals surface area contributed by atoms with E-state index in [2.05, 4.69) is 0 Å². The molecule has 0 heterocycles. The van der Waals surface area contributed by atoms with Crippen LogP contribution in [0.4, 0.5) is 13.2 Å². The predicted octanol–water partition coefficient (Wildman–Crippen LogP) is 2.69. The van der Waals surface area contributed by atoms with E-state index in [1.54, 1.807) is 32.0 Å². The van der Waals surface area contributed by atoms with Crippen molar-refractivity contribution in [3.8, 4) is 0 Å². The molecule has 102 valence electrons. The van der Waals surface area contributed by atoms with E-state index in [0.29, 0.717) is 5.56 Å². The number of nitrogens with two attached hydrogens (primary N) is 1. The SMILES string of the molecule is Cc1ccc(C)c(S(=O)C(CCN)C(F)(F)F)c1. The maximum Gasteiger partial charge on any atom is 0.403 e. The van der Waals surface area contributed by atoms with E-state index in [4.69, 9.17) is 5.73 Å². The Kier molecular flexibility index (Phi) is 4.92. The molecule has 18 heavy (non-hydrogen) atoms. The molecule has 1 aromatic rings. The molecular formula is C12H16F3NOS. The van der Waals surface area contributed by atoms with Gasteiger partial charge in [-0.3, -0.25) is 4.21 Å². The third-order valence-corrected chi connectivity index (χ3v) is 4.51. The zero-order chi connectivity index (χ0) is 13.9. The fourth-order valence-electron chi connectivity index (χ4n) is 1.62. The largest absolute Gasteiger partial charge is 0.403 e. The number of halogens is 3. The first-order valence-electron chi connectivity index (χ1n) is 5.52. The molecule has 0 fully saturated rings. The first kappa shape index (κ1) is 15.2. The van der Waals surface area contributed by atoms with E-state index in [1.165, 1.54) is 0 Å².